The second kappa shape index (κ2) is 4.94. The van der Waals surface area contributed by atoms with Gasteiger partial charge in [-0.25, -0.2) is 9.59 Å². The molecular weight excluding hydrogens is 224 g/mol. The molecule has 2 rings (SSSR count). The Morgan fingerprint density at radius 2 is 1.87 bits per heavy atom. The highest BCUT2D eigenvalue weighted by Gasteiger charge is 2.13. The van der Waals surface area contributed by atoms with Gasteiger partial charge in [0.05, 0.1) is 13.2 Å². The highest BCUT2D eigenvalue weighted by molar-refractivity contribution is 5.85. The van der Waals surface area contributed by atoms with Crippen LogP contribution in [-0.4, -0.2) is 41.3 Å². The van der Waals surface area contributed by atoms with Crippen molar-refractivity contribution >= 4 is 18.4 Å². The van der Waals surface area contributed by atoms with E-state index in [4.69, 9.17) is 4.74 Å². The van der Waals surface area contributed by atoms with Crippen LogP contribution in [0.15, 0.2) is 9.59 Å². The molecule has 15 heavy (non-hydrogen) atoms. The smallest absolute Gasteiger partial charge is 0.352 e. The van der Waals surface area contributed by atoms with Gasteiger partial charge in [-0.05, 0) is 0 Å². The van der Waals surface area contributed by atoms with Crippen molar-refractivity contribution in [2.45, 2.75) is 0 Å². The SMILES string of the molecule is Cl.O=c1nc(N2CCOCC2)[nH]c(=O)[nH]1. The van der Waals surface area contributed by atoms with Crippen LogP contribution >= 0.6 is 12.4 Å². The molecule has 1 aliphatic heterocycles. The summed E-state index contributed by atoms with van der Waals surface area (Å²) in [6, 6.07) is 0. The monoisotopic (exact) mass is 234 g/mol. The molecule has 1 aliphatic rings. The Morgan fingerprint density at radius 1 is 1.20 bits per heavy atom. The number of nitrogens with one attached hydrogen (secondary N) is 2. The summed E-state index contributed by atoms with van der Waals surface area (Å²) in [7, 11) is 0. The van der Waals surface area contributed by atoms with Gasteiger partial charge in [0.2, 0.25) is 5.95 Å². The predicted octanol–water partition coefficient (Wildman–Crippen LogP) is -1.28. The van der Waals surface area contributed by atoms with Gasteiger partial charge in [-0.2, -0.15) is 4.98 Å². The molecule has 2 N–H and O–H groups in total. The van der Waals surface area contributed by atoms with Gasteiger partial charge in [0.15, 0.2) is 0 Å². The van der Waals surface area contributed by atoms with Crippen LogP contribution in [0.1, 0.15) is 0 Å². The molecule has 1 saturated heterocycles. The van der Waals surface area contributed by atoms with E-state index in [2.05, 4.69) is 9.97 Å². The Bertz CT molecular complexity index is 394. The standard InChI is InChI=1S/C7H10N4O3.ClH/c12-6-8-5(9-7(13)10-6)11-1-3-14-4-2-11;/h1-4H2,(H2,8,9,10,12,13);1H. The molecule has 0 radical (unpaired) electrons. The first-order valence-electron chi connectivity index (χ1n) is 4.29. The number of nitrogens with zero attached hydrogens (tertiary/aromatic N) is 2. The van der Waals surface area contributed by atoms with E-state index in [-0.39, 0.29) is 12.4 Å². The minimum absolute atomic E-state index is 0. The molecule has 0 saturated carbocycles. The molecule has 7 nitrogen and oxygen atoms in total. The lowest BCUT2D eigenvalue weighted by atomic mass is 10.4. The van der Waals surface area contributed by atoms with E-state index in [0.29, 0.717) is 32.3 Å². The number of hydrogen-bond donors (Lipinski definition) is 2. The molecule has 0 amide bonds. The number of halogens is 1. The van der Waals surface area contributed by atoms with Crippen molar-refractivity contribution in [3.8, 4) is 0 Å². The molecule has 8 heteroatoms. The summed E-state index contributed by atoms with van der Waals surface area (Å²) in [6.45, 7) is 2.42. The van der Waals surface area contributed by atoms with Crippen LogP contribution in [0.3, 0.4) is 0 Å². The normalized spacial score (nSPS) is 15.9. The first-order chi connectivity index (χ1) is 6.75. The van der Waals surface area contributed by atoms with Gasteiger partial charge in [-0.1, -0.05) is 0 Å². The average molecular weight is 235 g/mol. The molecule has 1 aromatic heterocycles. The Balaban J connectivity index is 0.00000112. The molecule has 84 valence electrons. The number of aromatic nitrogens is 3. The molecule has 0 spiro atoms. The highest BCUT2D eigenvalue weighted by Crippen LogP contribution is 2.04. The molecule has 1 fully saturated rings. The number of aromatic amines is 2. The van der Waals surface area contributed by atoms with Crippen molar-refractivity contribution < 1.29 is 4.74 Å². The van der Waals surface area contributed by atoms with Gasteiger partial charge in [0.1, 0.15) is 0 Å². The molecule has 0 bridgehead atoms. The predicted molar refractivity (Wildman–Crippen MR) is 55.8 cm³/mol. The van der Waals surface area contributed by atoms with E-state index >= 15 is 0 Å². The minimum Gasteiger partial charge on any atom is -0.378 e. The molecule has 1 aromatic rings. The van der Waals surface area contributed by atoms with Gasteiger partial charge in [0, 0.05) is 13.1 Å². The summed E-state index contributed by atoms with van der Waals surface area (Å²) in [4.78, 5) is 31.8. The third-order valence-corrected chi connectivity index (χ3v) is 1.96. The topological polar surface area (TPSA) is 91.1 Å². The number of hydrogen-bond acceptors (Lipinski definition) is 5. The lowest BCUT2D eigenvalue weighted by Gasteiger charge is -2.26. The maximum absolute atomic E-state index is 10.9. The maximum Gasteiger partial charge on any atom is 0.352 e. The van der Waals surface area contributed by atoms with E-state index in [9.17, 15) is 9.59 Å². The molecule has 0 unspecified atom stereocenters. The average Bonchev–Trinajstić information content (AvgIpc) is 2.18. The van der Waals surface area contributed by atoms with Crippen molar-refractivity contribution in [3.05, 3.63) is 21.0 Å². The fraction of sp³-hybridized carbons (Fsp3) is 0.571. The van der Waals surface area contributed by atoms with Crippen LogP contribution in [0.5, 0.6) is 0 Å². The van der Waals surface area contributed by atoms with Crippen molar-refractivity contribution in [1.82, 2.24) is 15.0 Å². The van der Waals surface area contributed by atoms with Crippen molar-refractivity contribution in [2.75, 3.05) is 31.2 Å². The zero-order valence-electron chi connectivity index (χ0n) is 7.86. The number of rotatable bonds is 1. The van der Waals surface area contributed by atoms with Gasteiger partial charge in [0.25, 0.3) is 0 Å². The maximum atomic E-state index is 10.9. The second-order valence-electron chi connectivity index (χ2n) is 2.92. The summed E-state index contributed by atoms with van der Waals surface area (Å²) in [5, 5.41) is 0. The van der Waals surface area contributed by atoms with Crippen molar-refractivity contribution in [1.29, 1.82) is 0 Å². The summed E-state index contributed by atoms with van der Waals surface area (Å²) in [5.41, 5.74) is -1.17. The number of ether oxygens (including phenoxy) is 1. The van der Waals surface area contributed by atoms with Crippen LogP contribution in [0, 0.1) is 0 Å². The Labute approximate surface area is 90.9 Å². The van der Waals surface area contributed by atoms with E-state index in [1.807, 2.05) is 4.98 Å². The van der Waals surface area contributed by atoms with Crippen molar-refractivity contribution in [2.24, 2.45) is 0 Å². The summed E-state index contributed by atoms with van der Waals surface area (Å²) < 4.78 is 5.13. The Kier molecular flexibility index (Phi) is 3.87. The minimum atomic E-state index is -0.629. The molecule has 0 aliphatic carbocycles. The third-order valence-electron chi connectivity index (χ3n) is 1.96. The highest BCUT2D eigenvalue weighted by atomic mass is 35.5. The Morgan fingerprint density at radius 3 is 2.47 bits per heavy atom. The van der Waals surface area contributed by atoms with Crippen molar-refractivity contribution in [3.63, 3.8) is 0 Å². The van der Waals surface area contributed by atoms with Gasteiger partial charge < -0.3 is 9.64 Å². The zero-order chi connectivity index (χ0) is 9.97. The number of morpholine rings is 1. The van der Waals surface area contributed by atoms with Crippen LogP contribution in [0.25, 0.3) is 0 Å². The van der Waals surface area contributed by atoms with Gasteiger partial charge in [-0.15, -0.1) is 12.4 Å². The largest absolute Gasteiger partial charge is 0.378 e. The van der Waals surface area contributed by atoms with E-state index in [1.165, 1.54) is 0 Å². The molecular formula is C7H11ClN4O3. The van der Waals surface area contributed by atoms with Crippen LogP contribution in [-0.2, 0) is 4.74 Å². The first-order valence-corrected chi connectivity index (χ1v) is 4.29. The van der Waals surface area contributed by atoms with Gasteiger partial charge >= 0.3 is 11.4 Å². The lowest BCUT2D eigenvalue weighted by molar-refractivity contribution is 0.122. The fourth-order valence-electron chi connectivity index (χ4n) is 1.31. The zero-order valence-corrected chi connectivity index (χ0v) is 8.67. The van der Waals surface area contributed by atoms with E-state index in [0.717, 1.165) is 0 Å². The van der Waals surface area contributed by atoms with Crippen LogP contribution in [0.2, 0.25) is 0 Å². The summed E-state index contributed by atoms with van der Waals surface area (Å²) >= 11 is 0. The van der Waals surface area contributed by atoms with Gasteiger partial charge in [-0.3, -0.25) is 9.97 Å². The van der Waals surface area contributed by atoms with E-state index < -0.39 is 11.4 Å². The quantitative estimate of drug-likeness (QED) is 0.631. The summed E-state index contributed by atoms with van der Waals surface area (Å²) in [5.74, 6) is 0.307. The van der Waals surface area contributed by atoms with Crippen LogP contribution < -0.4 is 16.3 Å². The Hall–Kier alpha value is -1.34. The number of anilines is 1. The van der Waals surface area contributed by atoms with Crippen LogP contribution in [0.4, 0.5) is 5.95 Å². The molecule has 2 heterocycles. The third kappa shape index (κ3) is 2.80. The molecule has 0 atom stereocenters. The molecule has 0 aromatic carbocycles. The second-order valence-corrected chi connectivity index (χ2v) is 2.92. The number of H-pyrrole nitrogens is 2. The summed E-state index contributed by atoms with van der Waals surface area (Å²) in [6.07, 6.45) is 0. The fourth-order valence-corrected chi connectivity index (χ4v) is 1.31. The first kappa shape index (κ1) is 11.7. The lowest BCUT2D eigenvalue weighted by Crippen LogP contribution is -2.40. The van der Waals surface area contributed by atoms with E-state index in [1.54, 1.807) is 4.90 Å².